The van der Waals surface area contributed by atoms with Crippen molar-refractivity contribution in [2.24, 2.45) is 5.41 Å². The van der Waals surface area contributed by atoms with E-state index in [1.165, 1.54) is 32.3 Å². The van der Waals surface area contributed by atoms with Crippen molar-refractivity contribution >= 4 is 0 Å². The maximum absolute atomic E-state index is 8.89. The normalized spacial score (nSPS) is 22.2. The molecule has 0 amide bonds. The Labute approximate surface area is 96.5 Å². The van der Waals surface area contributed by atoms with E-state index in [4.69, 9.17) is 5.11 Å². The van der Waals surface area contributed by atoms with Crippen LogP contribution in [0.4, 0.5) is 0 Å². The zero-order chi connectivity index (χ0) is 6.74. The fourth-order valence-corrected chi connectivity index (χ4v) is 1.65. The van der Waals surface area contributed by atoms with E-state index >= 15 is 0 Å². The Morgan fingerprint density at radius 2 is 1.90 bits per heavy atom. The first kappa shape index (κ1) is 11.3. The molecule has 1 rings (SSSR count). The van der Waals surface area contributed by atoms with Crippen LogP contribution < -0.4 is 0 Å². The smallest absolute Gasteiger partial charge is 0 e. The summed E-state index contributed by atoms with van der Waals surface area (Å²) in [7, 11) is 0. The third-order valence-electron chi connectivity index (χ3n) is 2.58. The Hall–Kier alpha value is 1.32. The van der Waals surface area contributed by atoms with E-state index in [9.17, 15) is 0 Å². The van der Waals surface area contributed by atoms with Gasteiger partial charge >= 0.3 is 0 Å². The maximum Gasteiger partial charge on any atom is 0 e. The molecule has 10 heavy (non-hydrogen) atoms. The summed E-state index contributed by atoms with van der Waals surface area (Å²) in [4.78, 5) is 0. The van der Waals surface area contributed by atoms with Crippen molar-refractivity contribution < 1.29 is 46.4 Å². The average Bonchev–Trinajstić information content (AvgIpc) is 2.36. The van der Waals surface area contributed by atoms with Gasteiger partial charge in [0.05, 0.1) is 0 Å². The van der Waals surface area contributed by atoms with Crippen LogP contribution in [0.3, 0.4) is 0 Å². The first-order chi connectivity index (χ1) is 4.33. The molecular formula is C8H15OPr-. The molecule has 1 radical (unpaired) electrons. The van der Waals surface area contributed by atoms with E-state index in [-0.39, 0.29) is 46.7 Å². The number of hydrogen-bond donors (Lipinski definition) is 1. The Bertz CT molecular complexity index is 81.3. The van der Waals surface area contributed by atoms with Crippen LogP contribution in [0.5, 0.6) is 0 Å². The molecule has 0 spiro atoms. The van der Waals surface area contributed by atoms with Gasteiger partial charge in [-0.1, -0.05) is 39.0 Å². The van der Waals surface area contributed by atoms with Crippen LogP contribution in [-0.4, -0.2) is 5.11 Å². The predicted molar refractivity (Wildman–Crippen MR) is 37.4 cm³/mol. The molecule has 0 bridgehead atoms. The van der Waals surface area contributed by atoms with Crippen molar-refractivity contribution in [2.75, 3.05) is 0 Å². The van der Waals surface area contributed by atoms with Crippen molar-refractivity contribution in [1.82, 2.24) is 0 Å². The van der Waals surface area contributed by atoms with E-state index in [0.717, 1.165) is 6.42 Å². The summed E-state index contributed by atoms with van der Waals surface area (Å²) in [5.74, 6) is 0. The molecule has 0 unspecified atom stereocenters. The van der Waals surface area contributed by atoms with E-state index in [1.807, 2.05) is 0 Å². The molecule has 0 heterocycles. The second kappa shape index (κ2) is 5.06. The first-order valence-corrected chi connectivity index (χ1v) is 3.81. The van der Waals surface area contributed by atoms with E-state index in [2.05, 4.69) is 6.92 Å². The summed E-state index contributed by atoms with van der Waals surface area (Å²) in [6, 6.07) is 0. The molecule has 0 aromatic rings. The van der Waals surface area contributed by atoms with Crippen molar-refractivity contribution in [2.45, 2.75) is 39.0 Å². The van der Waals surface area contributed by atoms with E-state index < -0.39 is 0 Å². The average molecular weight is 268 g/mol. The zero-order valence-corrected chi connectivity index (χ0v) is 10.3. The molecule has 57 valence electrons. The third kappa shape index (κ3) is 2.42. The molecule has 1 aliphatic rings. The molecule has 0 atom stereocenters. The summed E-state index contributed by atoms with van der Waals surface area (Å²) in [6.45, 7) is 3.57. The molecule has 0 saturated heterocycles. The quantitative estimate of drug-likeness (QED) is 0.763. The topological polar surface area (TPSA) is 20.2 Å². The Balaban J connectivity index is 0.000000810. The van der Waals surface area contributed by atoms with Gasteiger partial charge in [-0.2, -0.15) is 0 Å². The van der Waals surface area contributed by atoms with Crippen LogP contribution in [0.2, 0.25) is 0 Å². The number of hydrogen-bond acceptors (Lipinski definition) is 1. The van der Waals surface area contributed by atoms with E-state index in [1.54, 1.807) is 0 Å². The number of aliphatic hydroxyl groups excluding tert-OH is 1. The molecule has 1 N–H and O–H groups in total. The molecule has 2 heteroatoms. The molecule has 1 fully saturated rings. The fraction of sp³-hybridized carbons (Fsp3) is 0.875. The van der Waals surface area contributed by atoms with Gasteiger partial charge in [0, 0.05) is 41.3 Å². The van der Waals surface area contributed by atoms with E-state index in [0.29, 0.717) is 0 Å². The van der Waals surface area contributed by atoms with Gasteiger partial charge in [0.15, 0.2) is 0 Å². The summed E-state index contributed by atoms with van der Waals surface area (Å²) >= 11 is 0. The van der Waals surface area contributed by atoms with Gasteiger partial charge in [0.2, 0.25) is 0 Å². The van der Waals surface area contributed by atoms with Crippen LogP contribution in [0, 0.1) is 53.3 Å². The second-order valence-electron chi connectivity index (χ2n) is 3.05. The third-order valence-corrected chi connectivity index (χ3v) is 2.58. The van der Waals surface area contributed by atoms with Gasteiger partial charge in [-0.05, 0) is 0 Å². The monoisotopic (exact) mass is 268 g/mol. The van der Waals surface area contributed by atoms with Gasteiger partial charge in [-0.3, -0.25) is 0 Å². The van der Waals surface area contributed by atoms with Gasteiger partial charge in [-0.15, -0.1) is 5.41 Å². The van der Waals surface area contributed by atoms with Crippen molar-refractivity contribution in [3.05, 3.63) is 6.61 Å². The summed E-state index contributed by atoms with van der Waals surface area (Å²) in [5, 5.41) is 8.89. The minimum absolute atomic E-state index is 0. The minimum Gasteiger partial charge on any atom is -0.565 e. The van der Waals surface area contributed by atoms with Crippen LogP contribution >= 0.6 is 0 Å². The zero-order valence-electron chi connectivity index (χ0n) is 6.64. The SMILES string of the molecule is CCC1([CH-]O)CCCC1.[Pr]. The molecule has 0 aromatic heterocycles. The molecule has 1 saturated carbocycles. The molecular weight excluding hydrogens is 253 g/mol. The molecule has 1 aliphatic carbocycles. The van der Waals surface area contributed by atoms with Gasteiger partial charge in [0.1, 0.15) is 0 Å². The van der Waals surface area contributed by atoms with Gasteiger partial charge < -0.3 is 5.11 Å². The second-order valence-corrected chi connectivity index (χ2v) is 3.05. The Kier molecular flexibility index (Phi) is 5.72. The largest absolute Gasteiger partial charge is 0.565 e. The minimum atomic E-state index is 0. The molecule has 1 nitrogen and oxygen atoms in total. The first-order valence-electron chi connectivity index (χ1n) is 3.81. The summed E-state index contributed by atoms with van der Waals surface area (Å²) in [6.07, 6.45) is 6.08. The van der Waals surface area contributed by atoms with Crippen LogP contribution in [-0.2, 0) is 0 Å². The Morgan fingerprint density at radius 3 is 2.10 bits per heavy atom. The standard InChI is InChI=1S/C8H15O.Pr/c1-2-8(7-9)5-3-4-6-8;/h7,9H,2-6H2,1H3;/q-1;. The molecule has 0 aliphatic heterocycles. The van der Waals surface area contributed by atoms with Crippen LogP contribution in [0.15, 0.2) is 0 Å². The Morgan fingerprint density at radius 1 is 1.40 bits per heavy atom. The summed E-state index contributed by atoms with van der Waals surface area (Å²) in [5.41, 5.74) is 0.208. The number of rotatable bonds is 2. The van der Waals surface area contributed by atoms with Crippen LogP contribution in [0.1, 0.15) is 39.0 Å². The van der Waals surface area contributed by atoms with Gasteiger partial charge in [-0.25, -0.2) is 6.61 Å². The fourth-order valence-electron chi connectivity index (χ4n) is 1.65. The van der Waals surface area contributed by atoms with Crippen molar-refractivity contribution in [1.29, 1.82) is 0 Å². The van der Waals surface area contributed by atoms with Crippen molar-refractivity contribution in [3.8, 4) is 0 Å². The number of aliphatic hydroxyl groups is 1. The predicted octanol–water partition coefficient (Wildman–Crippen LogP) is 2.49. The molecule has 0 aromatic carbocycles. The van der Waals surface area contributed by atoms with Crippen molar-refractivity contribution in [3.63, 3.8) is 0 Å². The maximum atomic E-state index is 8.89. The van der Waals surface area contributed by atoms with Crippen LogP contribution in [0.25, 0.3) is 0 Å². The summed E-state index contributed by atoms with van der Waals surface area (Å²) < 4.78 is 0. The van der Waals surface area contributed by atoms with Gasteiger partial charge in [0.25, 0.3) is 0 Å².